The van der Waals surface area contributed by atoms with Crippen LogP contribution in [0.25, 0.3) is 5.65 Å². The lowest BCUT2D eigenvalue weighted by Gasteiger charge is -2.05. The molecule has 0 aliphatic heterocycles. The van der Waals surface area contributed by atoms with Crippen molar-refractivity contribution in [1.29, 1.82) is 0 Å². The van der Waals surface area contributed by atoms with E-state index in [0.29, 0.717) is 11.9 Å². The van der Waals surface area contributed by atoms with Crippen LogP contribution in [0.15, 0.2) is 24.5 Å². The number of hydrogen-bond acceptors (Lipinski definition) is 2. The van der Waals surface area contributed by atoms with Gasteiger partial charge in [0.05, 0.1) is 5.56 Å². The molecule has 15 heavy (non-hydrogen) atoms. The SMILES string of the molecule is O=Cc1cn2cc(C(F)(F)F)ccc2n1. The number of alkyl halides is 3. The van der Waals surface area contributed by atoms with Gasteiger partial charge in [0.2, 0.25) is 0 Å². The van der Waals surface area contributed by atoms with Crippen LogP contribution in [0.4, 0.5) is 13.2 Å². The molecule has 0 radical (unpaired) electrons. The van der Waals surface area contributed by atoms with Crippen LogP contribution in [0, 0.1) is 0 Å². The number of aromatic nitrogens is 2. The zero-order valence-corrected chi connectivity index (χ0v) is 7.32. The fourth-order valence-electron chi connectivity index (χ4n) is 1.24. The van der Waals surface area contributed by atoms with Gasteiger partial charge in [-0.1, -0.05) is 0 Å². The Labute approximate surface area is 82.2 Å². The average molecular weight is 214 g/mol. The van der Waals surface area contributed by atoms with Crippen molar-refractivity contribution in [3.8, 4) is 0 Å². The topological polar surface area (TPSA) is 34.4 Å². The quantitative estimate of drug-likeness (QED) is 0.682. The van der Waals surface area contributed by atoms with E-state index in [-0.39, 0.29) is 5.69 Å². The lowest BCUT2D eigenvalue weighted by molar-refractivity contribution is -0.137. The second kappa shape index (κ2) is 3.08. The maximum absolute atomic E-state index is 12.3. The number of nitrogens with zero attached hydrogens (tertiary/aromatic N) is 2. The summed E-state index contributed by atoms with van der Waals surface area (Å²) in [6.07, 6.45) is -1.76. The minimum Gasteiger partial charge on any atom is -0.306 e. The molecule has 0 saturated heterocycles. The van der Waals surface area contributed by atoms with Crippen LogP contribution in [0.5, 0.6) is 0 Å². The summed E-state index contributed by atoms with van der Waals surface area (Å²) in [5, 5.41) is 0. The van der Waals surface area contributed by atoms with Crippen molar-refractivity contribution in [3.63, 3.8) is 0 Å². The molecule has 2 heterocycles. The van der Waals surface area contributed by atoms with Gasteiger partial charge in [0.1, 0.15) is 11.3 Å². The van der Waals surface area contributed by atoms with E-state index in [1.165, 1.54) is 16.7 Å². The average Bonchev–Trinajstić information content (AvgIpc) is 2.57. The largest absolute Gasteiger partial charge is 0.417 e. The van der Waals surface area contributed by atoms with Crippen molar-refractivity contribution in [1.82, 2.24) is 9.38 Å². The highest BCUT2D eigenvalue weighted by atomic mass is 19.4. The van der Waals surface area contributed by atoms with E-state index in [0.717, 1.165) is 12.3 Å². The molecule has 0 aromatic carbocycles. The van der Waals surface area contributed by atoms with Crippen molar-refractivity contribution >= 4 is 11.9 Å². The van der Waals surface area contributed by atoms with Crippen LogP contribution < -0.4 is 0 Å². The molecule has 6 heteroatoms. The smallest absolute Gasteiger partial charge is 0.306 e. The molecule has 78 valence electrons. The van der Waals surface area contributed by atoms with Crippen LogP contribution in [-0.4, -0.2) is 15.7 Å². The third kappa shape index (κ3) is 1.70. The summed E-state index contributed by atoms with van der Waals surface area (Å²) in [7, 11) is 0. The van der Waals surface area contributed by atoms with Crippen molar-refractivity contribution < 1.29 is 18.0 Å². The molecular formula is C9H5F3N2O. The van der Waals surface area contributed by atoms with Gasteiger partial charge in [-0.25, -0.2) is 4.98 Å². The Kier molecular flexibility index (Phi) is 1.99. The Morgan fingerprint density at radius 2 is 2.00 bits per heavy atom. The van der Waals surface area contributed by atoms with Gasteiger partial charge < -0.3 is 4.40 Å². The van der Waals surface area contributed by atoms with E-state index in [9.17, 15) is 18.0 Å². The normalized spacial score (nSPS) is 11.9. The first-order valence-electron chi connectivity index (χ1n) is 4.02. The monoisotopic (exact) mass is 214 g/mol. The first kappa shape index (κ1) is 9.70. The molecule has 2 aromatic heterocycles. The van der Waals surface area contributed by atoms with Crippen LogP contribution in [0.1, 0.15) is 16.1 Å². The van der Waals surface area contributed by atoms with Crippen LogP contribution in [-0.2, 0) is 6.18 Å². The third-order valence-electron chi connectivity index (χ3n) is 1.92. The van der Waals surface area contributed by atoms with Crippen molar-refractivity contribution in [2.24, 2.45) is 0 Å². The van der Waals surface area contributed by atoms with Gasteiger partial charge in [-0.2, -0.15) is 13.2 Å². The summed E-state index contributed by atoms with van der Waals surface area (Å²) in [5.74, 6) is 0. The molecule has 0 bridgehead atoms. The maximum atomic E-state index is 12.3. The fraction of sp³-hybridized carbons (Fsp3) is 0.111. The molecule has 0 aliphatic carbocycles. The van der Waals surface area contributed by atoms with Crippen molar-refractivity contribution in [2.75, 3.05) is 0 Å². The molecule has 3 nitrogen and oxygen atoms in total. The lowest BCUT2D eigenvalue weighted by Crippen LogP contribution is -2.05. The van der Waals surface area contributed by atoms with Gasteiger partial charge in [0, 0.05) is 12.4 Å². The molecule has 2 rings (SSSR count). The first-order chi connectivity index (χ1) is 7.00. The number of carbonyl (C=O) groups is 1. The third-order valence-corrected chi connectivity index (χ3v) is 1.92. The Bertz CT molecular complexity index is 516. The number of carbonyl (C=O) groups excluding carboxylic acids is 1. The van der Waals surface area contributed by atoms with E-state index in [1.807, 2.05) is 0 Å². The van der Waals surface area contributed by atoms with E-state index < -0.39 is 11.7 Å². The van der Waals surface area contributed by atoms with Crippen molar-refractivity contribution in [3.05, 3.63) is 35.8 Å². The molecule has 0 fully saturated rings. The van der Waals surface area contributed by atoms with E-state index in [2.05, 4.69) is 4.98 Å². The highest BCUT2D eigenvalue weighted by molar-refractivity contribution is 5.73. The second-order valence-electron chi connectivity index (χ2n) is 2.96. The molecule has 0 amide bonds. The number of aldehydes is 1. The molecule has 0 spiro atoms. The van der Waals surface area contributed by atoms with Gasteiger partial charge in [0.15, 0.2) is 6.29 Å². The van der Waals surface area contributed by atoms with Gasteiger partial charge in [0.25, 0.3) is 0 Å². The lowest BCUT2D eigenvalue weighted by atomic mass is 10.3. The second-order valence-corrected chi connectivity index (χ2v) is 2.96. The van der Waals surface area contributed by atoms with Crippen molar-refractivity contribution in [2.45, 2.75) is 6.18 Å². The molecular weight excluding hydrogens is 209 g/mol. The zero-order valence-electron chi connectivity index (χ0n) is 7.32. The standard InChI is InChI=1S/C9H5F3N2O/c10-9(11,12)6-1-2-8-13-7(5-15)4-14(8)3-6/h1-5H. The Morgan fingerprint density at radius 3 is 2.60 bits per heavy atom. The number of hydrogen-bond donors (Lipinski definition) is 0. The van der Waals surface area contributed by atoms with Crippen LogP contribution in [0.3, 0.4) is 0 Å². The first-order valence-corrected chi connectivity index (χ1v) is 4.02. The predicted octanol–water partition coefficient (Wildman–Crippen LogP) is 2.17. The van der Waals surface area contributed by atoms with E-state index in [4.69, 9.17) is 0 Å². The number of halogens is 3. The fourth-order valence-corrected chi connectivity index (χ4v) is 1.24. The number of pyridine rings is 1. The highest BCUT2D eigenvalue weighted by Gasteiger charge is 2.30. The maximum Gasteiger partial charge on any atom is 0.417 e. The minimum atomic E-state index is -4.39. The Morgan fingerprint density at radius 1 is 1.27 bits per heavy atom. The summed E-state index contributed by atoms with van der Waals surface area (Å²) in [6, 6.07) is 2.15. The summed E-state index contributed by atoms with van der Waals surface area (Å²) in [6.45, 7) is 0. The van der Waals surface area contributed by atoms with Crippen LogP contribution in [0.2, 0.25) is 0 Å². The van der Waals surface area contributed by atoms with E-state index in [1.54, 1.807) is 0 Å². The Balaban J connectivity index is 2.60. The van der Waals surface area contributed by atoms with Gasteiger partial charge in [-0.05, 0) is 12.1 Å². The Hall–Kier alpha value is -1.85. The molecule has 0 N–H and O–H groups in total. The highest BCUT2D eigenvalue weighted by Crippen LogP contribution is 2.29. The summed E-state index contributed by atoms with van der Waals surface area (Å²) in [4.78, 5) is 14.1. The zero-order chi connectivity index (χ0) is 11.1. The predicted molar refractivity (Wildman–Crippen MR) is 45.6 cm³/mol. The summed E-state index contributed by atoms with van der Waals surface area (Å²) in [5.41, 5.74) is -0.357. The molecule has 0 saturated carbocycles. The number of fused-ring (bicyclic) bond motifs is 1. The molecule has 0 atom stereocenters. The van der Waals surface area contributed by atoms with E-state index >= 15 is 0 Å². The van der Waals surface area contributed by atoms with Gasteiger partial charge in [-0.3, -0.25) is 4.79 Å². The number of imidazole rings is 1. The molecule has 0 aliphatic rings. The minimum absolute atomic E-state index is 0.106. The van der Waals surface area contributed by atoms with Gasteiger partial charge >= 0.3 is 6.18 Å². The number of rotatable bonds is 1. The summed E-state index contributed by atoms with van der Waals surface area (Å²) < 4.78 is 38.1. The summed E-state index contributed by atoms with van der Waals surface area (Å²) >= 11 is 0. The molecule has 0 unspecified atom stereocenters. The molecule has 2 aromatic rings. The van der Waals surface area contributed by atoms with Crippen LogP contribution >= 0.6 is 0 Å². The van der Waals surface area contributed by atoms with Gasteiger partial charge in [-0.15, -0.1) is 0 Å².